The third kappa shape index (κ3) is 5.25. The number of benzene rings is 1. The van der Waals surface area contributed by atoms with Crippen LogP contribution in [-0.2, 0) is 23.8 Å². The summed E-state index contributed by atoms with van der Waals surface area (Å²) >= 11 is 1.57. The average Bonchev–Trinajstić information content (AvgIpc) is 2.44. The van der Waals surface area contributed by atoms with Gasteiger partial charge in [-0.2, -0.15) is 0 Å². The lowest BCUT2D eigenvalue weighted by molar-refractivity contribution is -0.194. The molecule has 0 N–H and O–H groups in total. The zero-order valence-electron chi connectivity index (χ0n) is 13.8. The normalized spacial score (nSPS) is 27.3. The number of hydrogen-bond donors (Lipinski definition) is 0. The molecule has 1 aromatic carbocycles. The fraction of sp³-hybridized carbons (Fsp3) is 0.529. The van der Waals surface area contributed by atoms with Gasteiger partial charge in [0.2, 0.25) is 0 Å². The molecule has 2 rings (SSSR count). The van der Waals surface area contributed by atoms with E-state index in [-0.39, 0.29) is 17.5 Å². The van der Waals surface area contributed by atoms with Gasteiger partial charge in [0.15, 0.2) is 6.10 Å². The Hall–Kier alpha value is -1.53. The Kier molecular flexibility index (Phi) is 6.07. The fourth-order valence-electron chi connectivity index (χ4n) is 2.53. The van der Waals surface area contributed by atoms with E-state index >= 15 is 0 Å². The van der Waals surface area contributed by atoms with Crippen LogP contribution in [-0.4, -0.2) is 35.7 Å². The largest absolute Gasteiger partial charge is 0.458 e. The van der Waals surface area contributed by atoms with Crippen LogP contribution in [0.3, 0.4) is 0 Å². The van der Waals surface area contributed by atoms with E-state index in [1.54, 1.807) is 11.8 Å². The Morgan fingerprint density at radius 1 is 1.13 bits per heavy atom. The fourth-order valence-corrected chi connectivity index (χ4v) is 3.65. The number of thioether (sulfide) groups is 1. The Morgan fingerprint density at radius 2 is 1.74 bits per heavy atom. The van der Waals surface area contributed by atoms with Crippen LogP contribution >= 0.6 is 11.8 Å². The highest BCUT2D eigenvalue weighted by atomic mass is 32.2. The summed E-state index contributed by atoms with van der Waals surface area (Å²) in [6, 6.07) is 8.15. The summed E-state index contributed by atoms with van der Waals surface area (Å²) in [6.45, 7) is 6.55. The second-order valence-corrected chi connectivity index (χ2v) is 6.89. The van der Waals surface area contributed by atoms with Gasteiger partial charge in [-0.3, -0.25) is 9.59 Å². The SMILES string of the molecule is CC(=O)O[C@H]1[C@H](C)OC(Sc2ccc(C)cc2)C[C@@H]1OC(C)=O. The van der Waals surface area contributed by atoms with Crippen molar-refractivity contribution in [3.63, 3.8) is 0 Å². The molecular weight excluding hydrogens is 316 g/mol. The number of carbonyl (C=O) groups is 2. The minimum absolute atomic E-state index is 0.163. The number of carbonyl (C=O) groups excluding carboxylic acids is 2. The van der Waals surface area contributed by atoms with Gasteiger partial charge in [-0.1, -0.05) is 29.5 Å². The van der Waals surface area contributed by atoms with Crippen LogP contribution in [0.5, 0.6) is 0 Å². The molecule has 126 valence electrons. The Bertz CT molecular complexity index is 557. The highest BCUT2D eigenvalue weighted by molar-refractivity contribution is 7.99. The molecule has 1 aliphatic rings. The van der Waals surface area contributed by atoms with Gasteiger partial charge in [0.1, 0.15) is 11.5 Å². The summed E-state index contributed by atoms with van der Waals surface area (Å²) in [5.74, 6) is -0.799. The quantitative estimate of drug-likeness (QED) is 0.786. The maximum atomic E-state index is 11.3. The Morgan fingerprint density at radius 3 is 2.30 bits per heavy atom. The molecule has 0 saturated carbocycles. The van der Waals surface area contributed by atoms with Crippen LogP contribution in [0.25, 0.3) is 0 Å². The number of aryl methyl sites for hydroxylation is 1. The first-order chi connectivity index (χ1) is 10.8. The smallest absolute Gasteiger partial charge is 0.303 e. The van der Waals surface area contributed by atoms with E-state index in [4.69, 9.17) is 14.2 Å². The molecule has 0 aliphatic carbocycles. The van der Waals surface area contributed by atoms with Gasteiger partial charge < -0.3 is 14.2 Å². The van der Waals surface area contributed by atoms with Crippen molar-refractivity contribution < 1.29 is 23.8 Å². The number of esters is 2. The van der Waals surface area contributed by atoms with Crippen LogP contribution in [0.1, 0.15) is 32.8 Å². The molecule has 0 bridgehead atoms. The van der Waals surface area contributed by atoms with Gasteiger partial charge in [-0.15, -0.1) is 0 Å². The first-order valence-electron chi connectivity index (χ1n) is 7.58. The van der Waals surface area contributed by atoms with Gasteiger partial charge in [0.25, 0.3) is 0 Å². The number of rotatable bonds is 4. The lowest BCUT2D eigenvalue weighted by Gasteiger charge is -2.38. The molecule has 5 nitrogen and oxygen atoms in total. The van der Waals surface area contributed by atoms with Gasteiger partial charge in [0, 0.05) is 25.2 Å². The van der Waals surface area contributed by atoms with Crippen molar-refractivity contribution in [1.82, 2.24) is 0 Å². The van der Waals surface area contributed by atoms with Crippen molar-refractivity contribution in [2.75, 3.05) is 0 Å². The molecule has 23 heavy (non-hydrogen) atoms. The van der Waals surface area contributed by atoms with E-state index < -0.39 is 18.2 Å². The Balaban J connectivity index is 2.07. The average molecular weight is 338 g/mol. The van der Waals surface area contributed by atoms with E-state index in [9.17, 15) is 9.59 Å². The summed E-state index contributed by atoms with van der Waals surface area (Å²) < 4.78 is 16.6. The van der Waals surface area contributed by atoms with Crippen LogP contribution in [0.15, 0.2) is 29.2 Å². The van der Waals surface area contributed by atoms with Crippen molar-refractivity contribution >= 4 is 23.7 Å². The molecule has 1 aliphatic heterocycles. The van der Waals surface area contributed by atoms with Crippen molar-refractivity contribution in [3.8, 4) is 0 Å². The zero-order chi connectivity index (χ0) is 17.0. The monoisotopic (exact) mass is 338 g/mol. The van der Waals surface area contributed by atoms with E-state index in [2.05, 4.69) is 0 Å². The minimum Gasteiger partial charge on any atom is -0.458 e. The summed E-state index contributed by atoms with van der Waals surface area (Å²) in [4.78, 5) is 23.7. The molecule has 4 atom stereocenters. The first kappa shape index (κ1) is 17.8. The van der Waals surface area contributed by atoms with Gasteiger partial charge >= 0.3 is 11.9 Å². The van der Waals surface area contributed by atoms with Crippen LogP contribution in [0, 0.1) is 6.92 Å². The van der Waals surface area contributed by atoms with E-state index in [1.807, 2.05) is 38.1 Å². The summed E-state index contributed by atoms with van der Waals surface area (Å²) in [6.07, 6.45) is -0.949. The number of hydrogen-bond acceptors (Lipinski definition) is 6. The van der Waals surface area contributed by atoms with Crippen molar-refractivity contribution in [2.45, 2.75) is 62.8 Å². The number of ether oxygens (including phenoxy) is 3. The molecule has 1 fully saturated rings. The second-order valence-electron chi connectivity index (χ2n) is 5.66. The molecule has 6 heteroatoms. The Labute approximate surface area is 140 Å². The highest BCUT2D eigenvalue weighted by Gasteiger charge is 2.41. The standard InChI is InChI=1S/C17H22O5S/c1-10-5-7-14(8-6-10)23-16-9-15(21-12(3)18)17(11(2)20-16)22-13(4)19/h5-8,11,15-17H,9H2,1-4H3/t11-,15-,16?,17-/m0/s1. The van der Waals surface area contributed by atoms with Gasteiger partial charge in [0.05, 0.1) is 6.10 Å². The summed E-state index contributed by atoms with van der Waals surface area (Å²) in [5, 5.41) is 0. The molecule has 1 heterocycles. The van der Waals surface area contributed by atoms with Crippen LogP contribution in [0.4, 0.5) is 0 Å². The third-order valence-corrected chi connectivity index (χ3v) is 4.64. The lowest BCUT2D eigenvalue weighted by Crippen LogP contribution is -2.49. The molecule has 1 saturated heterocycles. The van der Waals surface area contributed by atoms with Gasteiger partial charge in [-0.05, 0) is 26.0 Å². The molecule has 1 unspecified atom stereocenters. The molecule has 1 aromatic rings. The second kappa shape index (κ2) is 7.84. The van der Waals surface area contributed by atoms with E-state index in [0.29, 0.717) is 6.42 Å². The molecule has 0 amide bonds. The summed E-state index contributed by atoms with van der Waals surface area (Å²) in [7, 11) is 0. The topological polar surface area (TPSA) is 61.8 Å². The predicted molar refractivity (Wildman–Crippen MR) is 87.1 cm³/mol. The van der Waals surface area contributed by atoms with Crippen molar-refractivity contribution in [1.29, 1.82) is 0 Å². The van der Waals surface area contributed by atoms with Crippen LogP contribution in [0.2, 0.25) is 0 Å². The van der Waals surface area contributed by atoms with E-state index in [0.717, 1.165) is 4.90 Å². The van der Waals surface area contributed by atoms with Crippen molar-refractivity contribution in [3.05, 3.63) is 29.8 Å². The van der Waals surface area contributed by atoms with Gasteiger partial charge in [-0.25, -0.2) is 0 Å². The zero-order valence-corrected chi connectivity index (χ0v) is 14.6. The van der Waals surface area contributed by atoms with E-state index in [1.165, 1.54) is 19.4 Å². The lowest BCUT2D eigenvalue weighted by atomic mass is 10.0. The molecule has 0 spiro atoms. The highest BCUT2D eigenvalue weighted by Crippen LogP contribution is 2.35. The predicted octanol–water partition coefficient (Wildman–Crippen LogP) is 3.09. The molecule has 0 radical (unpaired) electrons. The minimum atomic E-state index is -0.578. The molecular formula is C17H22O5S. The summed E-state index contributed by atoms with van der Waals surface area (Å²) in [5.41, 5.74) is 1.03. The third-order valence-electron chi connectivity index (χ3n) is 3.53. The maximum absolute atomic E-state index is 11.3. The van der Waals surface area contributed by atoms with Crippen molar-refractivity contribution in [2.24, 2.45) is 0 Å². The molecule has 0 aromatic heterocycles. The first-order valence-corrected chi connectivity index (χ1v) is 8.46. The van der Waals surface area contributed by atoms with Crippen LogP contribution < -0.4 is 0 Å². The maximum Gasteiger partial charge on any atom is 0.303 e.